The summed E-state index contributed by atoms with van der Waals surface area (Å²) in [5, 5.41) is 3.27. The Morgan fingerprint density at radius 3 is 2.72 bits per heavy atom. The van der Waals surface area contributed by atoms with Gasteiger partial charge in [0.1, 0.15) is 0 Å². The van der Waals surface area contributed by atoms with Crippen molar-refractivity contribution in [1.29, 1.82) is 0 Å². The second kappa shape index (κ2) is 5.08. The van der Waals surface area contributed by atoms with Gasteiger partial charge in [0, 0.05) is 11.9 Å². The molecule has 2 rings (SSSR count). The van der Waals surface area contributed by atoms with Crippen LogP contribution in [-0.4, -0.2) is 4.98 Å². The van der Waals surface area contributed by atoms with Crippen molar-refractivity contribution in [3.63, 3.8) is 0 Å². The van der Waals surface area contributed by atoms with Crippen LogP contribution in [-0.2, 0) is 0 Å². The average molecular weight is 241 g/mol. The van der Waals surface area contributed by atoms with Crippen LogP contribution in [0.15, 0.2) is 36.5 Å². The summed E-state index contributed by atoms with van der Waals surface area (Å²) in [6, 6.07) is 10.2. The maximum Gasteiger partial charge on any atom is 0.153 e. The molecule has 0 radical (unpaired) electrons. The number of rotatable bonds is 3. The van der Waals surface area contributed by atoms with Crippen molar-refractivity contribution in [3.05, 3.63) is 47.7 Å². The monoisotopic (exact) mass is 241 g/mol. The second-order valence-corrected chi connectivity index (χ2v) is 4.80. The summed E-state index contributed by atoms with van der Waals surface area (Å²) in [4.78, 5) is 4.27. The highest BCUT2D eigenvalue weighted by molar-refractivity contribution is 5.71. The summed E-state index contributed by atoms with van der Waals surface area (Å²) in [6.45, 7) is 6.34. The Morgan fingerprint density at radius 1 is 1.22 bits per heavy atom. The number of pyridine rings is 1. The van der Waals surface area contributed by atoms with Gasteiger partial charge in [0.25, 0.3) is 0 Å². The Bertz CT molecular complexity index is 547. The van der Waals surface area contributed by atoms with Gasteiger partial charge >= 0.3 is 0 Å². The molecule has 1 aromatic heterocycles. The molecule has 94 valence electrons. The summed E-state index contributed by atoms with van der Waals surface area (Å²) in [6.07, 6.45) is 1.76. The first-order valence-electron chi connectivity index (χ1n) is 6.16. The largest absolute Gasteiger partial charge is 0.396 e. The first kappa shape index (κ1) is 12.4. The smallest absolute Gasteiger partial charge is 0.153 e. The Morgan fingerprint density at radius 2 is 2.00 bits per heavy atom. The molecule has 18 heavy (non-hydrogen) atoms. The molecule has 0 aliphatic rings. The van der Waals surface area contributed by atoms with Crippen LogP contribution >= 0.6 is 0 Å². The molecule has 0 saturated heterocycles. The third-order valence-corrected chi connectivity index (χ3v) is 3.02. The fourth-order valence-corrected chi connectivity index (χ4v) is 1.78. The number of anilines is 3. The lowest BCUT2D eigenvalue weighted by atomic mass is 10.0. The molecule has 0 aliphatic carbocycles. The average Bonchev–Trinajstić information content (AvgIpc) is 2.35. The fraction of sp³-hybridized carbons (Fsp3) is 0.267. The number of benzene rings is 1. The highest BCUT2D eigenvalue weighted by Crippen LogP contribution is 2.25. The molecule has 3 heteroatoms. The van der Waals surface area contributed by atoms with E-state index in [1.165, 1.54) is 5.56 Å². The first-order chi connectivity index (χ1) is 8.58. The lowest BCUT2D eigenvalue weighted by Gasteiger charge is -2.12. The van der Waals surface area contributed by atoms with E-state index >= 15 is 0 Å². The maximum absolute atomic E-state index is 6.00. The van der Waals surface area contributed by atoms with Crippen molar-refractivity contribution >= 4 is 17.2 Å². The topological polar surface area (TPSA) is 50.9 Å². The minimum atomic E-state index is 0.509. The van der Waals surface area contributed by atoms with Crippen LogP contribution in [0.1, 0.15) is 30.9 Å². The maximum atomic E-state index is 6.00. The van der Waals surface area contributed by atoms with Crippen molar-refractivity contribution in [3.8, 4) is 0 Å². The van der Waals surface area contributed by atoms with Gasteiger partial charge in [-0.3, -0.25) is 0 Å². The highest BCUT2D eigenvalue weighted by atomic mass is 15.0. The van der Waals surface area contributed by atoms with Crippen LogP contribution in [0.2, 0.25) is 0 Å². The van der Waals surface area contributed by atoms with E-state index in [1.807, 2.05) is 25.1 Å². The van der Waals surface area contributed by atoms with E-state index in [4.69, 9.17) is 5.73 Å². The van der Waals surface area contributed by atoms with Crippen LogP contribution in [0.3, 0.4) is 0 Å². The molecule has 3 N–H and O–H groups in total. The molecule has 1 heterocycles. The zero-order chi connectivity index (χ0) is 13.1. The summed E-state index contributed by atoms with van der Waals surface area (Å²) < 4.78 is 0. The van der Waals surface area contributed by atoms with E-state index in [2.05, 4.69) is 36.3 Å². The molecule has 0 aliphatic heterocycles. The summed E-state index contributed by atoms with van der Waals surface area (Å²) in [7, 11) is 0. The zero-order valence-corrected chi connectivity index (χ0v) is 11.1. The van der Waals surface area contributed by atoms with Crippen molar-refractivity contribution in [2.24, 2.45) is 0 Å². The van der Waals surface area contributed by atoms with Gasteiger partial charge in [-0.25, -0.2) is 4.98 Å². The minimum Gasteiger partial charge on any atom is -0.396 e. The van der Waals surface area contributed by atoms with Crippen LogP contribution in [0.4, 0.5) is 17.2 Å². The normalized spacial score (nSPS) is 10.7. The molecule has 0 unspecified atom stereocenters. The molecule has 0 saturated carbocycles. The molecule has 1 aromatic carbocycles. The Balaban J connectivity index is 2.28. The molecule has 0 atom stereocenters. The minimum absolute atomic E-state index is 0.509. The second-order valence-electron chi connectivity index (χ2n) is 4.80. The lowest BCUT2D eigenvalue weighted by Crippen LogP contribution is -2.01. The van der Waals surface area contributed by atoms with Crippen molar-refractivity contribution in [1.82, 2.24) is 4.98 Å². The molecule has 0 bridgehead atoms. The van der Waals surface area contributed by atoms with E-state index in [1.54, 1.807) is 6.20 Å². The van der Waals surface area contributed by atoms with Crippen LogP contribution in [0.5, 0.6) is 0 Å². The number of nitrogens with two attached hydrogens (primary N) is 1. The predicted molar refractivity (Wildman–Crippen MR) is 77.2 cm³/mol. The number of hydrogen-bond donors (Lipinski definition) is 2. The van der Waals surface area contributed by atoms with Crippen molar-refractivity contribution < 1.29 is 0 Å². The number of nitrogen functional groups attached to an aromatic ring is 1. The van der Waals surface area contributed by atoms with Gasteiger partial charge in [0.05, 0.1) is 5.69 Å². The molecule has 0 amide bonds. The van der Waals surface area contributed by atoms with E-state index < -0.39 is 0 Å². The Hall–Kier alpha value is -2.03. The van der Waals surface area contributed by atoms with Crippen LogP contribution in [0, 0.1) is 6.92 Å². The molecular weight excluding hydrogens is 222 g/mol. The summed E-state index contributed by atoms with van der Waals surface area (Å²) >= 11 is 0. The molecule has 2 aromatic rings. The predicted octanol–water partition coefficient (Wildman–Crippen LogP) is 3.84. The molecule has 3 nitrogen and oxygen atoms in total. The Labute approximate surface area is 108 Å². The lowest BCUT2D eigenvalue weighted by molar-refractivity contribution is 0.867. The molecule has 0 spiro atoms. The van der Waals surface area contributed by atoms with Crippen molar-refractivity contribution in [2.75, 3.05) is 11.1 Å². The number of aryl methyl sites for hydroxylation is 1. The summed E-state index contributed by atoms with van der Waals surface area (Å²) in [5.74, 6) is 1.23. The SMILES string of the molecule is Cc1ccnc(Nc2cccc(C(C)C)c2)c1N. The third kappa shape index (κ3) is 2.62. The number of nitrogens with one attached hydrogen (secondary N) is 1. The summed E-state index contributed by atoms with van der Waals surface area (Å²) in [5.41, 5.74) is 10.1. The standard InChI is InChI=1S/C15H19N3/c1-10(2)12-5-4-6-13(9-12)18-15-14(16)11(3)7-8-17-15/h4-10H,16H2,1-3H3,(H,17,18). The first-order valence-corrected chi connectivity index (χ1v) is 6.16. The van der Waals surface area contributed by atoms with Gasteiger partial charge in [0.15, 0.2) is 5.82 Å². The third-order valence-electron chi connectivity index (χ3n) is 3.02. The number of hydrogen-bond acceptors (Lipinski definition) is 3. The van der Waals surface area contributed by atoms with E-state index in [0.717, 1.165) is 17.1 Å². The number of aromatic nitrogens is 1. The van der Waals surface area contributed by atoms with E-state index in [9.17, 15) is 0 Å². The van der Waals surface area contributed by atoms with Crippen LogP contribution in [0.25, 0.3) is 0 Å². The van der Waals surface area contributed by atoms with Crippen LogP contribution < -0.4 is 11.1 Å². The van der Waals surface area contributed by atoms with Crippen molar-refractivity contribution in [2.45, 2.75) is 26.7 Å². The van der Waals surface area contributed by atoms with Gasteiger partial charge < -0.3 is 11.1 Å². The van der Waals surface area contributed by atoms with Gasteiger partial charge in [-0.05, 0) is 42.2 Å². The number of nitrogens with zero attached hydrogens (tertiary/aromatic N) is 1. The molecule has 0 fully saturated rings. The quantitative estimate of drug-likeness (QED) is 0.858. The fourth-order valence-electron chi connectivity index (χ4n) is 1.78. The van der Waals surface area contributed by atoms with Gasteiger partial charge in [-0.2, -0.15) is 0 Å². The van der Waals surface area contributed by atoms with Gasteiger partial charge in [-0.1, -0.05) is 26.0 Å². The molecular formula is C15H19N3. The van der Waals surface area contributed by atoms with Gasteiger partial charge in [0.2, 0.25) is 0 Å². The Kier molecular flexibility index (Phi) is 3.51. The van der Waals surface area contributed by atoms with Gasteiger partial charge in [-0.15, -0.1) is 0 Å². The highest BCUT2D eigenvalue weighted by Gasteiger charge is 2.05. The van der Waals surface area contributed by atoms with E-state index in [-0.39, 0.29) is 0 Å². The zero-order valence-electron chi connectivity index (χ0n) is 11.1. The van der Waals surface area contributed by atoms with E-state index in [0.29, 0.717) is 11.6 Å².